The lowest BCUT2D eigenvalue weighted by Crippen LogP contribution is -2.63. The summed E-state index contributed by atoms with van der Waals surface area (Å²) in [7, 11) is -3.76. The lowest BCUT2D eigenvalue weighted by molar-refractivity contribution is 0.964. The standard InChI is InChI=1S/C51H46N2Si2/c1-54(2,3)51(55(4,5)6)47-33-36-18-14-13-17-35(36)32-45(47)44-28-25-37-31-40(26-29-42(37)50(44)51)52(38-19-9-7-10-20-38)41-27-30-49-46(34-41)43-23-15-16-24-48(43)53(49)39-21-11-8-12-22-39/h7-34H,1-6H3. The molecule has 9 aromatic rings. The van der Waals surface area contributed by atoms with Gasteiger partial charge < -0.3 is 9.47 Å². The summed E-state index contributed by atoms with van der Waals surface area (Å²) in [5.41, 5.74) is 13.1. The SMILES string of the molecule is C[Si](C)(C)C1([Si](C)(C)C)c2cc3ccccc3cc2-c2ccc3cc(N(c4ccccc4)c4ccc5c(c4)c4ccccc4n5-c4ccccc4)ccc3c21. The van der Waals surface area contributed by atoms with E-state index in [-0.39, 0.29) is 4.66 Å². The van der Waals surface area contributed by atoms with Crippen LogP contribution in [0.4, 0.5) is 17.1 Å². The fourth-order valence-electron chi connectivity index (χ4n) is 10.7. The van der Waals surface area contributed by atoms with E-state index in [9.17, 15) is 0 Å². The molecule has 1 aliphatic rings. The molecule has 1 heterocycles. The van der Waals surface area contributed by atoms with Crippen molar-refractivity contribution in [2.24, 2.45) is 0 Å². The van der Waals surface area contributed by atoms with Gasteiger partial charge in [-0.15, -0.1) is 0 Å². The molecule has 0 saturated heterocycles. The Hall–Kier alpha value is -5.69. The number of rotatable bonds is 6. The number of hydrogen-bond acceptors (Lipinski definition) is 1. The van der Waals surface area contributed by atoms with Gasteiger partial charge in [0.15, 0.2) is 0 Å². The number of fused-ring (bicyclic) bond motifs is 9. The van der Waals surface area contributed by atoms with Gasteiger partial charge in [-0.2, -0.15) is 0 Å². The number of nitrogens with zero attached hydrogens (tertiary/aromatic N) is 2. The van der Waals surface area contributed by atoms with Crippen LogP contribution in [0.3, 0.4) is 0 Å². The zero-order valence-corrected chi connectivity index (χ0v) is 34.6. The predicted octanol–water partition coefficient (Wildman–Crippen LogP) is 14.6. The fourth-order valence-corrected chi connectivity index (χ4v) is 23.7. The van der Waals surface area contributed by atoms with Gasteiger partial charge in [0.05, 0.1) is 27.2 Å². The van der Waals surface area contributed by atoms with Crippen molar-refractivity contribution in [2.45, 2.75) is 43.9 Å². The Bertz CT molecular complexity index is 2930. The van der Waals surface area contributed by atoms with Gasteiger partial charge >= 0.3 is 0 Å². The molecule has 1 aromatic heterocycles. The van der Waals surface area contributed by atoms with Gasteiger partial charge in [-0.3, -0.25) is 0 Å². The molecule has 2 nitrogen and oxygen atoms in total. The molecule has 0 radical (unpaired) electrons. The smallest absolute Gasteiger partial charge is 0.0579 e. The van der Waals surface area contributed by atoms with E-state index in [0.717, 1.165) is 17.1 Å². The summed E-state index contributed by atoms with van der Waals surface area (Å²) in [6, 6.07) is 63.5. The van der Waals surface area contributed by atoms with Gasteiger partial charge in [0, 0.05) is 38.2 Å². The Labute approximate surface area is 326 Å². The summed E-state index contributed by atoms with van der Waals surface area (Å²) in [6.45, 7) is 15.7. The summed E-state index contributed by atoms with van der Waals surface area (Å²) >= 11 is 0. The molecular weight excluding hydrogens is 697 g/mol. The summed E-state index contributed by atoms with van der Waals surface area (Å²) < 4.78 is 2.44. The Morgan fingerprint density at radius 3 is 1.75 bits per heavy atom. The first-order chi connectivity index (χ1) is 26.6. The molecule has 0 atom stereocenters. The number of aromatic nitrogens is 1. The van der Waals surface area contributed by atoms with Gasteiger partial charge in [0.25, 0.3) is 0 Å². The van der Waals surface area contributed by atoms with Crippen LogP contribution in [0.5, 0.6) is 0 Å². The molecule has 4 heteroatoms. The van der Waals surface area contributed by atoms with E-state index in [1.165, 1.54) is 60.2 Å². The minimum Gasteiger partial charge on any atom is -0.310 e. The van der Waals surface area contributed by atoms with Gasteiger partial charge in [-0.25, -0.2) is 0 Å². The van der Waals surface area contributed by atoms with Gasteiger partial charge in [-0.1, -0.05) is 142 Å². The largest absolute Gasteiger partial charge is 0.310 e. The molecule has 0 bridgehead atoms. The first-order valence-electron chi connectivity index (χ1n) is 19.6. The highest BCUT2D eigenvalue weighted by molar-refractivity contribution is 7.00. The van der Waals surface area contributed by atoms with Crippen molar-refractivity contribution in [1.29, 1.82) is 0 Å². The highest BCUT2D eigenvalue weighted by Crippen LogP contribution is 2.60. The van der Waals surface area contributed by atoms with E-state index in [1.807, 2.05) is 0 Å². The van der Waals surface area contributed by atoms with Crippen LogP contribution < -0.4 is 4.90 Å². The van der Waals surface area contributed by atoms with E-state index in [4.69, 9.17) is 0 Å². The zero-order valence-electron chi connectivity index (χ0n) is 32.6. The second-order valence-corrected chi connectivity index (χ2v) is 28.4. The van der Waals surface area contributed by atoms with Gasteiger partial charge in [-0.05, 0) is 111 Å². The third-order valence-electron chi connectivity index (χ3n) is 12.4. The van der Waals surface area contributed by atoms with E-state index in [0.29, 0.717) is 0 Å². The second kappa shape index (κ2) is 12.2. The van der Waals surface area contributed by atoms with Crippen LogP contribution in [-0.4, -0.2) is 20.7 Å². The van der Waals surface area contributed by atoms with Crippen molar-refractivity contribution in [1.82, 2.24) is 4.57 Å². The van der Waals surface area contributed by atoms with Gasteiger partial charge in [0.2, 0.25) is 0 Å². The van der Waals surface area contributed by atoms with E-state index < -0.39 is 16.1 Å². The summed E-state index contributed by atoms with van der Waals surface area (Å²) in [6.07, 6.45) is 0. The molecule has 0 amide bonds. The highest BCUT2D eigenvalue weighted by Gasteiger charge is 2.59. The maximum atomic E-state index is 2.62. The summed E-state index contributed by atoms with van der Waals surface area (Å²) in [5, 5.41) is 7.89. The predicted molar refractivity (Wildman–Crippen MR) is 243 cm³/mol. The molecule has 0 spiro atoms. The summed E-state index contributed by atoms with van der Waals surface area (Å²) in [4.78, 5) is 2.44. The van der Waals surface area contributed by atoms with Crippen molar-refractivity contribution in [3.05, 3.63) is 181 Å². The minimum atomic E-state index is -1.88. The maximum absolute atomic E-state index is 2.62. The quantitative estimate of drug-likeness (QED) is 0.154. The van der Waals surface area contributed by atoms with E-state index in [1.54, 1.807) is 11.1 Å². The normalized spacial score (nSPS) is 13.8. The molecule has 55 heavy (non-hydrogen) atoms. The summed E-state index contributed by atoms with van der Waals surface area (Å²) in [5.74, 6) is 0. The number of hydrogen-bond donors (Lipinski definition) is 0. The molecule has 10 rings (SSSR count). The first-order valence-corrected chi connectivity index (χ1v) is 26.6. The van der Waals surface area contributed by atoms with Crippen LogP contribution in [-0.2, 0) is 4.66 Å². The number of para-hydroxylation sites is 3. The topological polar surface area (TPSA) is 8.17 Å². The van der Waals surface area contributed by atoms with Gasteiger partial charge in [0.1, 0.15) is 0 Å². The lowest BCUT2D eigenvalue weighted by Gasteiger charge is -2.51. The molecule has 0 saturated carbocycles. The molecular formula is C51H46N2Si2. The molecule has 268 valence electrons. The van der Waals surface area contributed by atoms with Crippen molar-refractivity contribution in [3.63, 3.8) is 0 Å². The molecule has 0 unspecified atom stereocenters. The van der Waals surface area contributed by atoms with Crippen LogP contribution >= 0.6 is 0 Å². The van der Waals surface area contributed by atoms with Crippen LogP contribution in [0, 0.1) is 0 Å². The van der Waals surface area contributed by atoms with Crippen LogP contribution in [0.25, 0.3) is 60.2 Å². The molecule has 0 N–H and O–H groups in total. The Kier molecular flexibility index (Phi) is 7.48. The Morgan fingerprint density at radius 2 is 1.02 bits per heavy atom. The fraction of sp³-hybridized carbons (Fsp3) is 0.137. The molecule has 0 aliphatic heterocycles. The first kappa shape index (κ1) is 33.9. The molecule has 1 aliphatic carbocycles. The van der Waals surface area contributed by atoms with Crippen LogP contribution in [0.2, 0.25) is 39.3 Å². The average molecular weight is 743 g/mol. The third-order valence-corrected chi connectivity index (χ3v) is 22.4. The maximum Gasteiger partial charge on any atom is 0.0579 e. The van der Waals surface area contributed by atoms with Crippen molar-refractivity contribution in [3.8, 4) is 16.8 Å². The van der Waals surface area contributed by atoms with Crippen molar-refractivity contribution >= 4 is 76.6 Å². The lowest BCUT2D eigenvalue weighted by atomic mass is 9.97. The van der Waals surface area contributed by atoms with E-state index >= 15 is 0 Å². The Balaban J connectivity index is 1.20. The van der Waals surface area contributed by atoms with Crippen LogP contribution in [0.1, 0.15) is 11.1 Å². The average Bonchev–Trinajstić information content (AvgIpc) is 3.68. The van der Waals surface area contributed by atoms with Crippen LogP contribution in [0.15, 0.2) is 170 Å². The monoisotopic (exact) mass is 742 g/mol. The van der Waals surface area contributed by atoms with E-state index in [2.05, 4.69) is 219 Å². The molecule has 8 aromatic carbocycles. The van der Waals surface area contributed by atoms with Crippen molar-refractivity contribution < 1.29 is 0 Å². The molecule has 0 fully saturated rings. The minimum absolute atomic E-state index is 0.0485. The third kappa shape index (κ3) is 4.91. The second-order valence-electron chi connectivity index (χ2n) is 17.4. The Morgan fingerprint density at radius 1 is 0.418 bits per heavy atom. The zero-order chi connectivity index (χ0) is 37.7. The number of benzene rings is 8. The number of anilines is 3. The highest BCUT2D eigenvalue weighted by atomic mass is 28.4. The van der Waals surface area contributed by atoms with Crippen molar-refractivity contribution in [2.75, 3.05) is 4.90 Å².